The Hall–Kier alpha value is -1.59. The van der Waals surface area contributed by atoms with E-state index in [4.69, 9.17) is 5.11 Å². The average molecular weight is 282 g/mol. The number of hydrogen-bond acceptors (Lipinski definition) is 3. The van der Waals surface area contributed by atoms with Crippen LogP contribution < -0.4 is 5.32 Å². The van der Waals surface area contributed by atoms with E-state index in [0.29, 0.717) is 25.8 Å². The van der Waals surface area contributed by atoms with Gasteiger partial charge in [0.2, 0.25) is 11.8 Å². The number of carbonyl (C=O) groups excluding carboxylic acids is 2. The van der Waals surface area contributed by atoms with Crippen molar-refractivity contribution in [3.8, 4) is 0 Å². The summed E-state index contributed by atoms with van der Waals surface area (Å²) < 4.78 is 0. The van der Waals surface area contributed by atoms with Crippen molar-refractivity contribution in [2.75, 3.05) is 19.6 Å². The Bertz CT molecular complexity index is 391. The molecule has 112 valence electrons. The second kappa shape index (κ2) is 6.72. The van der Waals surface area contributed by atoms with E-state index in [9.17, 15) is 14.4 Å². The molecule has 6 nitrogen and oxygen atoms in total. The molecule has 1 heterocycles. The quantitative estimate of drug-likeness (QED) is 0.773. The number of likely N-dealkylation sites (tertiary alicyclic amines) is 1. The molecular weight excluding hydrogens is 260 g/mol. The van der Waals surface area contributed by atoms with E-state index in [0.717, 1.165) is 32.4 Å². The lowest BCUT2D eigenvalue weighted by molar-refractivity contribution is -0.146. The summed E-state index contributed by atoms with van der Waals surface area (Å²) in [6, 6.07) is 0. The van der Waals surface area contributed by atoms with Crippen LogP contribution in [0.3, 0.4) is 0 Å². The number of carbonyl (C=O) groups is 3. The van der Waals surface area contributed by atoms with Gasteiger partial charge in [-0.25, -0.2) is 0 Å². The molecular formula is C14H22N2O4. The molecule has 2 atom stereocenters. The maximum atomic E-state index is 12.0. The molecule has 0 bridgehead atoms. The van der Waals surface area contributed by atoms with E-state index < -0.39 is 17.8 Å². The van der Waals surface area contributed by atoms with Gasteiger partial charge in [0.1, 0.15) is 0 Å². The number of nitrogens with one attached hydrogen (secondary N) is 1. The number of aliphatic carboxylic acids is 1. The van der Waals surface area contributed by atoms with Crippen LogP contribution in [0.1, 0.15) is 38.5 Å². The van der Waals surface area contributed by atoms with Gasteiger partial charge in [-0.1, -0.05) is 6.42 Å². The summed E-state index contributed by atoms with van der Waals surface area (Å²) in [5, 5.41) is 11.8. The Labute approximate surface area is 118 Å². The smallest absolute Gasteiger partial charge is 0.307 e. The highest BCUT2D eigenvalue weighted by Gasteiger charge is 2.37. The highest BCUT2D eigenvalue weighted by molar-refractivity contribution is 5.85. The number of amides is 2. The molecule has 2 amide bonds. The van der Waals surface area contributed by atoms with E-state index in [1.54, 1.807) is 0 Å². The summed E-state index contributed by atoms with van der Waals surface area (Å²) in [5.74, 6) is -2.04. The van der Waals surface area contributed by atoms with Crippen molar-refractivity contribution in [1.82, 2.24) is 10.2 Å². The number of rotatable bonds is 5. The molecule has 0 aromatic heterocycles. The minimum atomic E-state index is -0.893. The maximum Gasteiger partial charge on any atom is 0.307 e. The molecule has 2 N–H and O–H groups in total. The molecule has 2 rings (SSSR count). The Morgan fingerprint density at radius 2 is 1.70 bits per heavy atom. The van der Waals surface area contributed by atoms with Crippen LogP contribution in [-0.2, 0) is 14.4 Å². The summed E-state index contributed by atoms with van der Waals surface area (Å²) in [6.07, 6.45) is 4.39. The molecule has 0 aromatic rings. The standard InChI is InChI=1S/C14H22N2O4/c17-12(16-8-1-2-9-16)6-7-15-13(18)10-4-3-5-11(10)14(19)20/h10-11H,1-9H2,(H,15,18)(H,19,20). The minimum absolute atomic E-state index is 0.0732. The van der Waals surface area contributed by atoms with Gasteiger partial charge in [-0.3, -0.25) is 14.4 Å². The second-order valence-electron chi connectivity index (χ2n) is 5.61. The van der Waals surface area contributed by atoms with Crippen molar-refractivity contribution in [3.05, 3.63) is 0 Å². The molecule has 1 saturated heterocycles. The Morgan fingerprint density at radius 3 is 2.35 bits per heavy atom. The molecule has 20 heavy (non-hydrogen) atoms. The maximum absolute atomic E-state index is 12.0. The first-order valence-electron chi connectivity index (χ1n) is 7.38. The SMILES string of the molecule is O=C(O)C1CCCC1C(=O)NCCC(=O)N1CCCC1. The molecule has 1 aliphatic carbocycles. The third kappa shape index (κ3) is 3.49. The van der Waals surface area contributed by atoms with Crippen LogP contribution in [0.5, 0.6) is 0 Å². The molecule has 2 fully saturated rings. The molecule has 1 saturated carbocycles. The highest BCUT2D eigenvalue weighted by Crippen LogP contribution is 2.31. The van der Waals surface area contributed by atoms with Crippen LogP contribution in [0, 0.1) is 11.8 Å². The van der Waals surface area contributed by atoms with E-state index in [2.05, 4.69) is 5.32 Å². The Morgan fingerprint density at radius 1 is 1.05 bits per heavy atom. The lowest BCUT2D eigenvalue weighted by atomic mass is 9.95. The van der Waals surface area contributed by atoms with Crippen molar-refractivity contribution in [2.45, 2.75) is 38.5 Å². The number of nitrogens with zero attached hydrogens (tertiary/aromatic N) is 1. The normalized spacial score (nSPS) is 25.7. The van der Waals surface area contributed by atoms with Gasteiger partial charge in [0.25, 0.3) is 0 Å². The monoisotopic (exact) mass is 282 g/mol. The fourth-order valence-corrected chi connectivity index (χ4v) is 3.12. The van der Waals surface area contributed by atoms with Gasteiger partial charge in [-0.05, 0) is 25.7 Å². The number of carboxylic acid groups (broad SMARTS) is 1. The first kappa shape index (κ1) is 14.8. The van der Waals surface area contributed by atoms with Gasteiger partial charge in [0, 0.05) is 26.1 Å². The van der Waals surface area contributed by atoms with Gasteiger partial charge < -0.3 is 15.3 Å². The zero-order chi connectivity index (χ0) is 14.5. The number of carboxylic acids is 1. The van der Waals surface area contributed by atoms with Crippen LogP contribution >= 0.6 is 0 Å². The predicted molar refractivity (Wildman–Crippen MR) is 71.9 cm³/mol. The third-order valence-corrected chi connectivity index (χ3v) is 4.27. The summed E-state index contributed by atoms with van der Waals surface area (Å²) in [7, 11) is 0. The topological polar surface area (TPSA) is 86.7 Å². The predicted octanol–water partition coefficient (Wildman–Crippen LogP) is 0.616. The Balaban J connectivity index is 1.72. The molecule has 2 unspecified atom stereocenters. The van der Waals surface area contributed by atoms with Crippen molar-refractivity contribution < 1.29 is 19.5 Å². The lowest BCUT2D eigenvalue weighted by Gasteiger charge is -2.17. The minimum Gasteiger partial charge on any atom is -0.481 e. The second-order valence-corrected chi connectivity index (χ2v) is 5.61. The van der Waals surface area contributed by atoms with Crippen molar-refractivity contribution >= 4 is 17.8 Å². The van der Waals surface area contributed by atoms with Gasteiger partial charge in [-0.15, -0.1) is 0 Å². The first-order valence-corrected chi connectivity index (χ1v) is 7.38. The third-order valence-electron chi connectivity index (χ3n) is 4.27. The zero-order valence-electron chi connectivity index (χ0n) is 11.6. The van der Waals surface area contributed by atoms with Gasteiger partial charge in [-0.2, -0.15) is 0 Å². The van der Waals surface area contributed by atoms with E-state index in [1.807, 2.05) is 4.90 Å². The van der Waals surface area contributed by atoms with E-state index in [1.165, 1.54) is 0 Å². The van der Waals surface area contributed by atoms with Crippen LogP contribution in [0.15, 0.2) is 0 Å². The average Bonchev–Trinajstić information content (AvgIpc) is 3.09. The lowest BCUT2D eigenvalue weighted by Crippen LogP contribution is -2.37. The van der Waals surface area contributed by atoms with Gasteiger partial charge >= 0.3 is 5.97 Å². The van der Waals surface area contributed by atoms with Crippen LogP contribution in [0.4, 0.5) is 0 Å². The molecule has 0 aromatic carbocycles. The molecule has 1 aliphatic heterocycles. The fraction of sp³-hybridized carbons (Fsp3) is 0.786. The highest BCUT2D eigenvalue weighted by atomic mass is 16.4. The summed E-state index contributed by atoms with van der Waals surface area (Å²) >= 11 is 0. The van der Waals surface area contributed by atoms with E-state index in [-0.39, 0.29) is 11.8 Å². The number of hydrogen-bond donors (Lipinski definition) is 2. The van der Waals surface area contributed by atoms with Crippen molar-refractivity contribution in [1.29, 1.82) is 0 Å². The summed E-state index contributed by atoms with van der Waals surface area (Å²) in [5.41, 5.74) is 0. The largest absolute Gasteiger partial charge is 0.481 e. The fourth-order valence-electron chi connectivity index (χ4n) is 3.12. The Kier molecular flexibility index (Phi) is 4.98. The van der Waals surface area contributed by atoms with Crippen LogP contribution in [0.25, 0.3) is 0 Å². The zero-order valence-corrected chi connectivity index (χ0v) is 11.6. The molecule has 2 aliphatic rings. The van der Waals surface area contributed by atoms with Crippen LogP contribution in [0.2, 0.25) is 0 Å². The first-order chi connectivity index (χ1) is 9.59. The van der Waals surface area contributed by atoms with Crippen molar-refractivity contribution in [2.24, 2.45) is 11.8 Å². The van der Waals surface area contributed by atoms with Gasteiger partial charge in [0.15, 0.2) is 0 Å². The van der Waals surface area contributed by atoms with Crippen LogP contribution in [-0.4, -0.2) is 47.4 Å². The molecule has 0 radical (unpaired) electrons. The van der Waals surface area contributed by atoms with Gasteiger partial charge in [0.05, 0.1) is 11.8 Å². The van der Waals surface area contributed by atoms with E-state index >= 15 is 0 Å². The van der Waals surface area contributed by atoms with Crippen molar-refractivity contribution in [3.63, 3.8) is 0 Å². The summed E-state index contributed by atoms with van der Waals surface area (Å²) in [4.78, 5) is 36.6. The molecule has 0 spiro atoms. The summed E-state index contributed by atoms with van der Waals surface area (Å²) in [6.45, 7) is 1.93. The molecule has 6 heteroatoms.